The molecule has 1 saturated heterocycles. The summed E-state index contributed by atoms with van der Waals surface area (Å²) in [6, 6.07) is 9.73. The SMILES string of the molecule is CCOC(=Cc1nncc(C)c1C1CCN(C(=O)OCc2ccccc2)CC1)OCC. The largest absolute Gasteiger partial charge is 0.466 e. The van der Waals surface area contributed by atoms with E-state index in [1.54, 1.807) is 11.1 Å². The molecule has 0 saturated carbocycles. The third-order valence-electron chi connectivity index (χ3n) is 5.31. The fourth-order valence-electron chi connectivity index (χ4n) is 3.82. The van der Waals surface area contributed by atoms with Gasteiger partial charge in [0.05, 0.1) is 25.1 Å². The molecule has 0 spiro atoms. The topological polar surface area (TPSA) is 73.8 Å². The molecular weight excluding hydrogens is 394 g/mol. The molecule has 0 N–H and O–H groups in total. The number of piperidine rings is 1. The van der Waals surface area contributed by atoms with Gasteiger partial charge in [0.15, 0.2) is 0 Å². The highest BCUT2D eigenvalue weighted by molar-refractivity contribution is 5.67. The molecule has 0 bridgehead atoms. The van der Waals surface area contributed by atoms with Crippen LogP contribution in [0.5, 0.6) is 0 Å². The van der Waals surface area contributed by atoms with Gasteiger partial charge in [0.25, 0.3) is 5.95 Å². The lowest BCUT2D eigenvalue weighted by molar-refractivity contribution is 0.0507. The molecule has 31 heavy (non-hydrogen) atoms. The Morgan fingerprint density at radius 1 is 1.10 bits per heavy atom. The van der Waals surface area contributed by atoms with Gasteiger partial charge in [-0.15, -0.1) is 0 Å². The predicted molar refractivity (Wildman–Crippen MR) is 118 cm³/mol. The normalized spacial score (nSPS) is 14.1. The van der Waals surface area contributed by atoms with E-state index in [0.717, 1.165) is 35.2 Å². The number of carbonyl (C=O) groups excluding carboxylic acids is 1. The Hall–Kier alpha value is -3.09. The average molecular weight is 426 g/mol. The number of rotatable bonds is 8. The maximum atomic E-state index is 12.5. The zero-order valence-electron chi connectivity index (χ0n) is 18.5. The standard InChI is InChI=1S/C24H31N3O4/c1-4-29-22(30-5-2)15-21-23(18(3)16-25-26-21)20-11-13-27(14-12-20)24(28)31-17-19-9-7-6-8-10-19/h6-10,15-16,20H,4-5,11-14,17H2,1-3H3. The van der Waals surface area contributed by atoms with Crippen LogP contribution in [-0.2, 0) is 20.8 Å². The summed E-state index contributed by atoms with van der Waals surface area (Å²) >= 11 is 0. The lowest BCUT2D eigenvalue weighted by Crippen LogP contribution is -2.38. The Bertz CT molecular complexity index is 870. The molecule has 7 nitrogen and oxygen atoms in total. The molecule has 1 aliphatic heterocycles. The Kier molecular flexibility index (Phi) is 8.27. The Balaban J connectivity index is 1.65. The average Bonchev–Trinajstić information content (AvgIpc) is 2.79. The van der Waals surface area contributed by atoms with Crippen molar-refractivity contribution < 1.29 is 19.0 Å². The fraction of sp³-hybridized carbons (Fsp3) is 0.458. The van der Waals surface area contributed by atoms with Crippen LogP contribution in [0.2, 0.25) is 0 Å². The lowest BCUT2D eigenvalue weighted by atomic mass is 9.86. The summed E-state index contributed by atoms with van der Waals surface area (Å²) in [7, 11) is 0. The van der Waals surface area contributed by atoms with E-state index in [2.05, 4.69) is 10.2 Å². The van der Waals surface area contributed by atoms with Crippen LogP contribution < -0.4 is 0 Å². The number of hydrogen-bond donors (Lipinski definition) is 0. The first-order valence-corrected chi connectivity index (χ1v) is 10.9. The van der Waals surface area contributed by atoms with E-state index in [0.29, 0.717) is 38.9 Å². The maximum Gasteiger partial charge on any atom is 0.410 e. The van der Waals surface area contributed by atoms with Crippen LogP contribution in [-0.4, -0.2) is 47.5 Å². The Morgan fingerprint density at radius 2 is 1.77 bits per heavy atom. The van der Waals surface area contributed by atoms with Crippen LogP contribution in [0.1, 0.15) is 55.0 Å². The smallest absolute Gasteiger partial charge is 0.410 e. The van der Waals surface area contributed by atoms with E-state index >= 15 is 0 Å². The van der Waals surface area contributed by atoms with Gasteiger partial charge in [0, 0.05) is 19.2 Å². The third-order valence-corrected chi connectivity index (χ3v) is 5.31. The summed E-state index contributed by atoms with van der Waals surface area (Å²) in [5.41, 5.74) is 3.98. The van der Waals surface area contributed by atoms with Crippen LogP contribution in [0.25, 0.3) is 6.08 Å². The number of hydrogen-bond acceptors (Lipinski definition) is 6. The van der Waals surface area contributed by atoms with E-state index in [4.69, 9.17) is 14.2 Å². The second-order valence-electron chi connectivity index (χ2n) is 7.46. The second-order valence-corrected chi connectivity index (χ2v) is 7.46. The summed E-state index contributed by atoms with van der Waals surface area (Å²) < 4.78 is 16.6. The van der Waals surface area contributed by atoms with Crippen molar-refractivity contribution in [1.29, 1.82) is 0 Å². The van der Waals surface area contributed by atoms with Crippen molar-refractivity contribution in [1.82, 2.24) is 15.1 Å². The van der Waals surface area contributed by atoms with Gasteiger partial charge in [-0.1, -0.05) is 30.3 Å². The molecule has 3 rings (SSSR count). The van der Waals surface area contributed by atoms with Gasteiger partial charge < -0.3 is 19.1 Å². The molecule has 7 heteroatoms. The van der Waals surface area contributed by atoms with Gasteiger partial charge in [-0.05, 0) is 56.2 Å². The Labute approximate surface area is 184 Å². The summed E-state index contributed by atoms with van der Waals surface area (Å²) in [4.78, 5) is 14.3. The number of benzene rings is 1. The molecule has 0 radical (unpaired) electrons. The molecule has 1 amide bonds. The van der Waals surface area contributed by atoms with Crippen LogP contribution >= 0.6 is 0 Å². The van der Waals surface area contributed by atoms with E-state index in [-0.39, 0.29) is 12.0 Å². The van der Waals surface area contributed by atoms with Gasteiger partial charge in [-0.2, -0.15) is 10.2 Å². The van der Waals surface area contributed by atoms with Gasteiger partial charge in [0.2, 0.25) is 0 Å². The van der Waals surface area contributed by atoms with Crippen molar-refractivity contribution in [3.05, 3.63) is 64.9 Å². The van der Waals surface area contributed by atoms with E-state index < -0.39 is 0 Å². The Morgan fingerprint density at radius 3 is 2.42 bits per heavy atom. The van der Waals surface area contributed by atoms with E-state index in [9.17, 15) is 4.79 Å². The highest BCUT2D eigenvalue weighted by Gasteiger charge is 2.27. The van der Waals surface area contributed by atoms with Gasteiger partial charge in [-0.25, -0.2) is 4.79 Å². The maximum absolute atomic E-state index is 12.5. The number of carbonyl (C=O) groups is 1. The van der Waals surface area contributed by atoms with Crippen molar-refractivity contribution in [2.45, 2.75) is 46.1 Å². The molecule has 2 heterocycles. The third kappa shape index (κ3) is 6.20. The van der Waals surface area contributed by atoms with Crippen molar-refractivity contribution in [2.24, 2.45) is 0 Å². The van der Waals surface area contributed by atoms with Crippen LogP contribution in [0, 0.1) is 6.92 Å². The molecule has 166 valence electrons. The first-order chi connectivity index (χ1) is 15.1. The molecule has 1 aromatic carbocycles. The first-order valence-electron chi connectivity index (χ1n) is 10.9. The molecule has 0 aliphatic carbocycles. The molecule has 1 aliphatic rings. The minimum absolute atomic E-state index is 0.262. The molecule has 0 atom stereocenters. The molecule has 2 aromatic rings. The predicted octanol–water partition coefficient (Wildman–Crippen LogP) is 4.67. The summed E-state index contributed by atoms with van der Waals surface area (Å²) in [6.45, 7) is 8.50. The van der Waals surface area contributed by atoms with Crippen LogP contribution in [0.4, 0.5) is 4.79 Å². The number of likely N-dealkylation sites (tertiary alicyclic amines) is 1. The minimum Gasteiger partial charge on any atom is -0.466 e. The van der Waals surface area contributed by atoms with Crippen LogP contribution in [0.15, 0.2) is 42.5 Å². The van der Waals surface area contributed by atoms with Crippen molar-refractivity contribution in [2.75, 3.05) is 26.3 Å². The van der Waals surface area contributed by atoms with Crippen molar-refractivity contribution in [3.8, 4) is 0 Å². The number of amides is 1. The second kappa shape index (κ2) is 11.3. The minimum atomic E-state index is -0.262. The van der Waals surface area contributed by atoms with E-state index in [1.807, 2.05) is 57.2 Å². The van der Waals surface area contributed by atoms with Gasteiger partial charge >= 0.3 is 6.09 Å². The quantitative estimate of drug-likeness (QED) is 0.572. The summed E-state index contributed by atoms with van der Waals surface area (Å²) in [6.07, 6.45) is 5.03. The van der Waals surface area contributed by atoms with E-state index in [1.165, 1.54) is 0 Å². The number of aromatic nitrogens is 2. The number of nitrogens with zero attached hydrogens (tertiary/aromatic N) is 3. The summed E-state index contributed by atoms with van der Waals surface area (Å²) in [5, 5.41) is 8.46. The monoisotopic (exact) mass is 425 g/mol. The van der Waals surface area contributed by atoms with Gasteiger partial charge in [-0.3, -0.25) is 0 Å². The highest BCUT2D eigenvalue weighted by Crippen LogP contribution is 2.33. The highest BCUT2D eigenvalue weighted by atomic mass is 16.7. The summed E-state index contributed by atoms with van der Waals surface area (Å²) in [5.74, 6) is 0.734. The zero-order valence-corrected chi connectivity index (χ0v) is 18.5. The van der Waals surface area contributed by atoms with Crippen molar-refractivity contribution in [3.63, 3.8) is 0 Å². The molecule has 1 fully saturated rings. The first kappa shape index (κ1) is 22.6. The molecule has 0 unspecified atom stereocenters. The zero-order chi connectivity index (χ0) is 22.1. The van der Waals surface area contributed by atoms with Gasteiger partial charge in [0.1, 0.15) is 6.61 Å². The number of aryl methyl sites for hydroxylation is 1. The molecule has 1 aromatic heterocycles. The van der Waals surface area contributed by atoms with Crippen LogP contribution in [0.3, 0.4) is 0 Å². The lowest BCUT2D eigenvalue weighted by Gasteiger charge is -2.32. The fourth-order valence-corrected chi connectivity index (χ4v) is 3.82. The molecular formula is C24H31N3O4. The van der Waals surface area contributed by atoms with Crippen molar-refractivity contribution >= 4 is 12.2 Å². The number of ether oxygens (including phenoxy) is 3.